The molecule has 264 valence electrons. The first-order valence-electron chi connectivity index (χ1n) is 18.8. The minimum Gasteiger partial charge on any atom is -0.507 e. The molecule has 1 N–H and O–H groups in total. The lowest BCUT2D eigenvalue weighted by molar-refractivity contribution is 0.240. The summed E-state index contributed by atoms with van der Waals surface area (Å²) in [6.07, 6.45) is 8.22. The second kappa shape index (κ2) is 13.4. The van der Waals surface area contributed by atoms with E-state index in [0.29, 0.717) is 23.9 Å². The topological polar surface area (TPSA) is 72.5 Å². The lowest BCUT2D eigenvalue weighted by Crippen LogP contribution is -2.22. The monoisotopic (exact) mass is 688 g/mol. The highest BCUT2D eigenvalue weighted by molar-refractivity contribution is 6.00. The Morgan fingerprint density at radius 1 is 0.712 bits per heavy atom. The summed E-state index contributed by atoms with van der Waals surface area (Å²) in [7, 11) is 0. The van der Waals surface area contributed by atoms with E-state index in [1.54, 1.807) is 6.07 Å². The smallest absolute Gasteiger partial charge is 0.216 e. The van der Waals surface area contributed by atoms with E-state index in [-0.39, 0.29) is 22.6 Å². The number of phenols is 1. The van der Waals surface area contributed by atoms with Crippen LogP contribution in [0.25, 0.3) is 39.4 Å². The molecule has 0 spiro atoms. The number of ether oxygens (including phenoxy) is 1. The van der Waals surface area contributed by atoms with E-state index in [2.05, 4.69) is 118 Å². The Hall–Kier alpha value is -5.23. The van der Waals surface area contributed by atoms with Gasteiger partial charge < -0.3 is 9.84 Å². The quantitative estimate of drug-likeness (QED) is 0.181. The first-order valence-corrected chi connectivity index (χ1v) is 18.8. The molecular formula is C46H48N4O2. The number of phenolic OH excluding ortho intramolecular Hbond substituents is 1. The maximum Gasteiger partial charge on any atom is 0.216 e. The van der Waals surface area contributed by atoms with E-state index in [1.807, 2.05) is 24.4 Å². The Balaban J connectivity index is 1.34. The number of aromatic nitrogens is 3. The third-order valence-corrected chi connectivity index (χ3v) is 11.2. The number of aliphatic imine (C=N–C) groups is 1. The van der Waals surface area contributed by atoms with Crippen molar-refractivity contribution in [2.24, 2.45) is 10.9 Å². The number of benzene rings is 4. The lowest BCUT2D eigenvalue weighted by Gasteiger charge is -2.27. The second-order valence-electron chi connectivity index (χ2n) is 16.1. The molecule has 1 atom stereocenters. The van der Waals surface area contributed by atoms with Gasteiger partial charge in [0.15, 0.2) is 5.82 Å². The minimum absolute atomic E-state index is 0.0717. The molecule has 2 aromatic heterocycles. The molecule has 52 heavy (non-hydrogen) atoms. The van der Waals surface area contributed by atoms with Gasteiger partial charge in [0, 0.05) is 22.7 Å². The van der Waals surface area contributed by atoms with Gasteiger partial charge in [-0.2, -0.15) is 0 Å². The first-order chi connectivity index (χ1) is 25.1. The van der Waals surface area contributed by atoms with Gasteiger partial charge in [-0.1, -0.05) is 115 Å². The number of nitrogens with zero attached hydrogens (tertiary/aromatic N) is 4. The van der Waals surface area contributed by atoms with Crippen LogP contribution in [0.15, 0.2) is 114 Å². The molecule has 0 saturated heterocycles. The molecule has 2 aliphatic rings. The zero-order valence-electron chi connectivity index (χ0n) is 30.9. The van der Waals surface area contributed by atoms with Crippen molar-refractivity contribution in [3.05, 3.63) is 132 Å². The Morgan fingerprint density at radius 3 is 2.21 bits per heavy atom. The summed E-state index contributed by atoms with van der Waals surface area (Å²) in [5.41, 5.74) is 8.64. The summed E-state index contributed by atoms with van der Waals surface area (Å²) in [6, 6.07) is 35.6. The zero-order valence-corrected chi connectivity index (χ0v) is 30.9. The van der Waals surface area contributed by atoms with Crippen LogP contribution in [0.2, 0.25) is 0 Å². The summed E-state index contributed by atoms with van der Waals surface area (Å²) in [5, 5.41) is 11.1. The van der Waals surface area contributed by atoms with Crippen LogP contribution in [0.5, 0.6) is 5.75 Å². The predicted octanol–water partition coefficient (Wildman–Crippen LogP) is 10.8. The first kappa shape index (κ1) is 33.9. The number of hydrogen-bond acceptors (Lipinski definition) is 5. The van der Waals surface area contributed by atoms with Crippen molar-refractivity contribution in [3.63, 3.8) is 0 Å². The van der Waals surface area contributed by atoms with Crippen LogP contribution >= 0.6 is 0 Å². The normalized spacial score (nSPS) is 16.9. The molecule has 0 amide bonds. The molecule has 1 fully saturated rings. The van der Waals surface area contributed by atoms with Crippen molar-refractivity contribution < 1.29 is 9.84 Å². The molecule has 1 aliphatic carbocycles. The fourth-order valence-corrected chi connectivity index (χ4v) is 8.01. The van der Waals surface area contributed by atoms with Crippen molar-refractivity contribution in [2.75, 3.05) is 6.61 Å². The average Bonchev–Trinajstić information content (AvgIpc) is 3.81. The summed E-state index contributed by atoms with van der Waals surface area (Å²) in [5.74, 6) is 2.89. The van der Waals surface area contributed by atoms with Crippen LogP contribution in [-0.2, 0) is 15.6 Å². The highest BCUT2D eigenvalue weighted by atomic mass is 16.5. The predicted molar refractivity (Wildman–Crippen MR) is 212 cm³/mol. The second-order valence-corrected chi connectivity index (χ2v) is 16.1. The molecule has 4 aromatic carbocycles. The number of hydrogen-bond donors (Lipinski definition) is 1. The summed E-state index contributed by atoms with van der Waals surface area (Å²) < 4.78 is 8.53. The maximum absolute atomic E-state index is 11.1. The third kappa shape index (κ3) is 6.29. The highest BCUT2D eigenvalue weighted by Crippen LogP contribution is 2.41. The van der Waals surface area contributed by atoms with Gasteiger partial charge in [-0.05, 0) is 88.9 Å². The molecule has 0 radical (unpaired) electrons. The molecule has 1 saturated carbocycles. The summed E-state index contributed by atoms with van der Waals surface area (Å²) in [6.45, 7) is 11.8. The molecule has 1 aliphatic heterocycles. The van der Waals surface area contributed by atoms with Gasteiger partial charge in [-0.15, -0.1) is 0 Å². The van der Waals surface area contributed by atoms with Gasteiger partial charge in [0.25, 0.3) is 0 Å². The number of aromatic hydroxyl groups is 1. The van der Waals surface area contributed by atoms with E-state index in [9.17, 15) is 5.11 Å². The fraction of sp³-hybridized carbons (Fsp3) is 0.326. The van der Waals surface area contributed by atoms with Crippen molar-refractivity contribution in [1.29, 1.82) is 0 Å². The van der Waals surface area contributed by atoms with Gasteiger partial charge in [0.1, 0.15) is 18.2 Å². The van der Waals surface area contributed by atoms with Gasteiger partial charge >= 0.3 is 0 Å². The van der Waals surface area contributed by atoms with Crippen molar-refractivity contribution in [2.45, 2.75) is 83.6 Å². The zero-order chi connectivity index (χ0) is 36.0. The number of rotatable bonds is 7. The molecular weight excluding hydrogens is 641 g/mol. The molecule has 6 nitrogen and oxygen atoms in total. The Morgan fingerprint density at radius 2 is 1.44 bits per heavy atom. The largest absolute Gasteiger partial charge is 0.507 e. The van der Waals surface area contributed by atoms with E-state index in [4.69, 9.17) is 19.7 Å². The SMILES string of the molecule is CC(C)(C)c1ccnc(-n2c(-c3ccccc3O)nc3c(-c4cc(C5=N[C@@H](C6CCCCC6)CO5)cc(C(C)(C)c5ccccc5)c4)cccc32)c1. The molecule has 6 aromatic rings. The Bertz CT molecular complexity index is 2270. The van der Waals surface area contributed by atoms with Crippen LogP contribution in [0.1, 0.15) is 89.0 Å². The van der Waals surface area contributed by atoms with Crippen LogP contribution in [0, 0.1) is 5.92 Å². The number of imidazole rings is 1. The van der Waals surface area contributed by atoms with Crippen LogP contribution in [0.4, 0.5) is 0 Å². The summed E-state index contributed by atoms with van der Waals surface area (Å²) >= 11 is 0. The van der Waals surface area contributed by atoms with Crippen LogP contribution < -0.4 is 0 Å². The fourth-order valence-electron chi connectivity index (χ4n) is 8.01. The van der Waals surface area contributed by atoms with E-state index in [1.165, 1.54) is 48.8 Å². The van der Waals surface area contributed by atoms with Gasteiger partial charge in [0.05, 0.1) is 22.6 Å². The molecule has 8 rings (SSSR count). The van der Waals surface area contributed by atoms with E-state index >= 15 is 0 Å². The molecule has 3 heterocycles. The van der Waals surface area contributed by atoms with Crippen molar-refractivity contribution in [1.82, 2.24) is 14.5 Å². The van der Waals surface area contributed by atoms with E-state index < -0.39 is 0 Å². The number of pyridine rings is 1. The van der Waals surface area contributed by atoms with Gasteiger partial charge in [0.2, 0.25) is 5.90 Å². The molecule has 0 unspecified atom stereocenters. The highest BCUT2D eigenvalue weighted by Gasteiger charge is 2.31. The molecule has 6 heteroatoms. The molecule has 0 bridgehead atoms. The van der Waals surface area contributed by atoms with Crippen LogP contribution in [-0.4, -0.2) is 38.2 Å². The van der Waals surface area contributed by atoms with Crippen LogP contribution in [0.3, 0.4) is 0 Å². The maximum atomic E-state index is 11.1. The number of para-hydroxylation sites is 2. The van der Waals surface area contributed by atoms with Crippen molar-refractivity contribution in [3.8, 4) is 34.1 Å². The third-order valence-electron chi connectivity index (χ3n) is 11.2. The van der Waals surface area contributed by atoms with E-state index in [0.717, 1.165) is 39.4 Å². The van der Waals surface area contributed by atoms with Crippen molar-refractivity contribution >= 4 is 16.9 Å². The lowest BCUT2D eigenvalue weighted by atomic mass is 9.76. The Kier molecular flexibility index (Phi) is 8.73. The number of fused-ring (bicyclic) bond motifs is 1. The standard InChI is InChI=1S/C46H48N4O2/c1-45(2,3)34-23-24-47-41(28-34)50-39-21-14-20-36(42(39)49-43(50)37-19-12-13-22-40(37)51)31-25-32(44-48-38(29-52-44)30-15-8-6-9-16-30)27-35(26-31)46(4,5)33-17-10-7-11-18-33/h7,10-14,17-28,30,38,51H,6,8-9,15-16,29H2,1-5H3/t38-/m1/s1. The Labute approximate surface area is 307 Å². The van der Waals surface area contributed by atoms with Gasteiger partial charge in [-0.25, -0.2) is 15.0 Å². The summed E-state index contributed by atoms with van der Waals surface area (Å²) in [4.78, 5) is 15.5. The average molecular weight is 689 g/mol. The minimum atomic E-state index is -0.292. The van der Waals surface area contributed by atoms with Gasteiger partial charge in [-0.3, -0.25) is 4.57 Å².